The fourth-order valence-electron chi connectivity index (χ4n) is 2.46. The molecular formula is C15H17FN4O2. The van der Waals surface area contributed by atoms with Crippen LogP contribution in [0.1, 0.15) is 23.4 Å². The van der Waals surface area contributed by atoms with Crippen LogP contribution < -0.4 is 0 Å². The van der Waals surface area contributed by atoms with Gasteiger partial charge in [0, 0.05) is 6.54 Å². The molecule has 7 heteroatoms. The van der Waals surface area contributed by atoms with Crippen LogP contribution in [0.3, 0.4) is 0 Å². The van der Waals surface area contributed by atoms with Gasteiger partial charge in [-0.25, -0.2) is 14.1 Å². The second-order valence-corrected chi connectivity index (χ2v) is 5.29. The highest BCUT2D eigenvalue weighted by molar-refractivity contribution is 5.90. The van der Waals surface area contributed by atoms with Gasteiger partial charge in [-0.3, -0.25) is 4.79 Å². The molecule has 1 aromatic carbocycles. The minimum Gasteiger partial charge on any atom is -0.377 e. The quantitative estimate of drug-likeness (QED) is 0.845. The number of benzene rings is 1. The zero-order valence-corrected chi connectivity index (χ0v) is 12.5. The fraction of sp³-hybridized carbons (Fsp3) is 0.400. The summed E-state index contributed by atoms with van der Waals surface area (Å²) in [5.74, 6) is 0.200. The highest BCUT2D eigenvalue weighted by Gasteiger charge is 2.28. The highest BCUT2D eigenvalue weighted by atomic mass is 19.1. The maximum atomic E-state index is 13.0. The van der Waals surface area contributed by atoms with Gasteiger partial charge in [0.25, 0.3) is 5.91 Å². The topological polar surface area (TPSA) is 60.3 Å². The lowest BCUT2D eigenvalue weighted by Gasteiger charge is -2.32. The lowest BCUT2D eigenvalue weighted by molar-refractivity contribution is 0.00292. The van der Waals surface area contributed by atoms with Crippen LogP contribution in [-0.4, -0.2) is 51.4 Å². The second-order valence-electron chi connectivity index (χ2n) is 5.29. The predicted octanol–water partition coefficient (Wildman–Crippen LogP) is 1.58. The summed E-state index contributed by atoms with van der Waals surface area (Å²) >= 11 is 0. The summed E-state index contributed by atoms with van der Waals surface area (Å²) in [5, 5.41) is 4.27. The number of carbonyl (C=O) groups is 1. The average Bonchev–Trinajstić information content (AvgIpc) is 2.90. The number of hydrogen-bond acceptors (Lipinski definition) is 4. The number of halogens is 1. The standard InChI is InChI=1S/C15H17FN4O2/c1-10-9-22-8-7-19(10)15(21)14-17-11(2)20(18-14)13-5-3-12(16)4-6-13/h3-6,10H,7-9H2,1-2H3/t10-/m0/s1. The van der Waals surface area contributed by atoms with E-state index in [1.165, 1.54) is 16.8 Å². The van der Waals surface area contributed by atoms with Crippen molar-refractivity contribution in [2.45, 2.75) is 19.9 Å². The number of rotatable bonds is 2. The molecule has 1 atom stereocenters. The summed E-state index contributed by atoms with van der Waals surface area (Å²) in [5.41, 5.74) is 0.667. The Morgan fingerprint density at radius 3 is 2.77 bits per heavy atom. The molecule has 2 heterocycles. The highest BCUT2D eigenvalue weighted by Crippen LogP contribution is 2.14. The van der Waals surface area contributed by atoms with Crippen molar-refractivity contribution in [3.05, 3.63) is 41.7 Å². The molecule has 0 radical (unpaired) electrons. The summed E-state index contributed by atoms with van der Waals surface area (Å²) in [6.45, 7) is 5.26. The predicted molar refractivity (Wildman–Crippen MR) is 77.4 cm³/mol. The van der Waals surface area contributed by atoms with E-state index in [1.54, 1.807) is 24.0 Å². The van der Waals surface area contributed by atoms with Gasteiger partial charge in [0.05, 0.1) is 24.9 Å². The number of amides is 1. The van der Waals surface area contributed by atoms with Gasteiger partial charge < -0.3 is 9.64 Å². The van der Waals surface area contributed by atoms with E-state index in [2.05, 4.69) is 10.1 Å². The SMILES string of the molecule is Cc1nc(C(=O)N2CCOC[C@@H]2C)nn1-c1ccc(F)cc1. The molecular weight excluding hydrogens is 287 g/mol. The first-order valence-electron chi connectivity index (χ1n) is 7.14. The zero-order valence-electron chi connectivity index (χ0n) is 12.5. The molecule has 1 aliphatic rings. The van der Waals surface area contributed by atoms with Crippen LogP contribution in [0.5, 0.6) is 0 Å². The van der Waals surface area contributed by atoms with Crippen molar-refractivity contribution in [1.82, 2.24) is 19.7 Å². The van der Waals surface area contributed by atoms with Gasteiger partial charge in [0.2, 0.25) is 5.82 Å². The van der Waals surface area contributed by atoms with Gasteiger partial charge in [-0.15, -0.1) is 5.10 Å². The van der Waals surface area contributed by atoms with Gasteiger partial charge in [-0.1, -0.05) is 0 Å². The molecule has 6 nitrogen and oxygen atoms in total. The third-order valence-corrected chi connectivity index (χ3v) is 3.66. The van der Waals surface area contributed by atoms with Crippen molar-refractivity contribution >= 4 is 5.91 Å². The molecule has 0 saturated carbocycles. The fourth-order valence-corrected chi connectivity index (χ4v) is 2.46. The lowest BCUT2D eigenvalue weighted by Crippen LogP contribution is -2.47. The molecule has 116 valence electrons. The lowest BCUT2D eigenvalue weighted by atomic mass is 10.2. The Morgan fingerprint density at radius 2 is 2.09 bits per heavy atom. The van der Waals surface area contributed by atoms with Gasteiger partial charge in [-0.05, 0) is 38.1 Å². The van der Waals surface area contributed by atoms with Crippen molar-refractivity contribution in [3.8, 4) is 5.69 Å². The van der Waals surface area contributed by atoms with Crippen LogP contribution in [-0.2, 0) is 4.74 Å². The van der Waals surface area contributed by atoms with Gasteiger partial charge in [-0.2, -0.15) is 0 Å². The van der Waals surface area contributed by atoms with E-state index in [-0.39, 0.29) is 23.6 Å². The van der Waals surface area contributed by atoms with E-state index in [0.29, 0.717) is 31.3 Å². The van der Waals surface area contributed by atoms with Gasteiger partial charge in [0.15, 0.2) is 0 Å². The molecule has 1 saturated heterocycles. The van der Waals surface area contributed by atoms with E-state index in [1.807, 2.05) is 6.92 Å². The number of aromatic nitrogens is 3. The molecule has 0 unspecified atom stereocenters. The summed E-state index contributed by atoms with van der Waals surface area (Å²) in [6.07, 6.45) is 0. The normalized spacial score (nSPS) is 18.5. The molecule has 0 aliphatic carbocycles. The van der Waals surface area contributed by atoms with Crippen molar-refractivity contribution in [2.24, 2.45) is 0 Å². The summed E-state index contributed by atoms with van der Waals surface area (Å²) in [6, 6.07) is 5.90. The van der Waals surface area contributed by atoms with Crippen LogP contribution in [0, 0.1) is 12.7 Å². The summed E-state index contributed by atoms with van der Waals surface area (Å²) in [4.78, 5) is 18.5. The minimum atomic E-state index is -0.319. The number of nitrogens with zero attached hydrogens (tertiary/aromatic N) is 4. The van der Waals surface area contributed by atoms with Crippen molar-refractivity contribution in [1.29, 1.82) is 0 Å². The second kappa shape index (κ2) is 5.84. The maximum absolute atomic E-state index is 13.0. The smallest absolute Gasteiger partial charge is 0.293 e. The van der Waals surface area contributed by atoms with Crippen molar-refractivity contribution in [3.63, 3.8) is 0 Å². The van der Waals surface area contributed by atoms with Crippen LogP contribution in [0.2, 0.25) is 0 Å². The zero-order chi connectivity index (χ0) is 15.7. The number of morpholine rings is 1. The van der Waals surface area contributed by atoms with Crippen LogP contribution in [0.15, 0.2) is 24.3 Å². The molecule has 3 rings (SSSR count). The van der Waals surface area contributed by atoms with Crippen LogP contribution in [0.25, 0.3) is 5.69 Å². The first-order chi connectivity index (χ1) is 10.6. The third kappa shape index (κ3) is 2.71. The van der Waals surface area contributed by atoms with E-state index >= 15 is 0 Å². The van der Waals surface area contributed by atoms with E-state index in [9.17, 15) is 9.18 Å². The minimum absolute atomic E-state index is 0.000623. The number of carbonyl (C=O) groups excluding carboxylic acids is 1. The van der Waals surface area contributed by atoms with Crippen molar-refractivity contribution in [2.75, 3.05) is 19.8 Å². The Hall–Kier alpha value is -2.28. The Bertz CT molecular complexity index is 683. The van der Waals surface area contributed by atoms with Gasteiger partial charge in [0.1, 0.15) is 11.6 Å². The molecule has 2 aromatic rings. The Labute approximate surface area is 127 Å². The molecule has 1 aromatic heterocycles. The Kier molecular flexibility index (Phi) is 3.89. The van der Waals surface area contributed by atoms with E-state index in [4.69, 9.17) is 4.74 Å². The Morgan fingerprint density at radius 1 is 1.36 bits per heavy atom. The first kappa shape index (κ1) is 14.6. The molecule has 0 spiro atoms. The molecule has 0 N–H and O–H groups in total. The monoisotopic (exact) mass is 304 g/mol. The average molecular weight is 304 g/mol. The molecule has 1 amide bonds. The molecule has 22 heavy (non-hydrogen) atoms. The maximum Gasteiger partial charge on any atom is 0.293 e. The van der Waals surface area contributed by atoms with Gasteiger partial charge >= 0.3 is 0 Å². The first-order valence-corrected chi connectivity index (χ1v) is 7.14. The van der Waals surface area contributed by atoms with Crippen molar-refractivity contribution < 1.29 is 13.9 Å². The summed E-state index contributed by atoms with van der Waals surface area (Å²) < 4.78 is 19.9. The summed E-state index contributed by atoms with van der Waals surface area (Å²) in [7, 11) is 0. The molecule has 1 fully saturated rings. The van der Waals surface area contributed by atoms with Crippen LogP contribution >= 0.6 is 0 Å². The third-order valence-electron chi connectivity index (χ3n) is 3.66. The number of aryl methyl sites for hydroxylation is 1. The molecule has 1 aliphatic heterocycles. The number of ether oxygens (including phenoxy) is 1. The van der Waals surface area contributed by atoms with E-state index in [0.717, 1.165) is 0 Å². The number of hydrogen-bond donors (Lipinski definition) is 0. The van der Waals surface area contributed by atoms with E-state index < -0.39 is 0 Å². The molecule has 0 bridgehead atoms. The van der Waals surface area contributed by atoms with Crippen LogP contribution in [0.4, 0.5) is 4.39 Å². The Balaban J connectivity index is 1.88. The largest absolute Gasteiger partial charge is 0.377 e.